The fourth-order valence-electron chi connectivity index (χ4n) is 3.74. The number of fused-ring (bicyclic) bond motifs is 1. The summed E-state index contributed by atoms with van der Waals surface area (Å²) < 4.78 is 3.76. The smallest absolute Gasteiger partial charge is 0.0921 e. The van der Waals surface area contributed by atoms with Crippen LogP contribution in [-0.4, -0.2) is 38.0 Å². The van der Waals surface area contributed by atoms with Gasteiger partial charge in [0.2, 0.25) is 0 Å². The van der Waals surface area contributed by atoms with E-state index in [1.54, 1.807) is 0 Å². The molecule has 7 heteroatoms. The van der Waals surface area contributed by atoms with E-state index in [4.69, 9.17) is 4.98 Å². The van der Waals surface area contributed by atoms with Crippen molar-refractivity contribution in [1.29, 1.82) is 0 Å². The second-order valence-corrected chi connectivity index (χ2v) is 6.51. The highest BCUT2D eigenvalue weighted by molar-refractivity contribution is 5.85. The molecule has 2 unspecified atom stereocenters. The molecule has 1 aliphatic rings. The predicted molar refractivity (Wildman–Crippen MR) is 96.4 cm³/mol. The van der Waals surface area contributed by atoms with E-state index in [2.05, 4.69) is 21.6 Å². The Bertz CT molecular complexity index is 823. The van der Waals surface area contributed by atoms with Crippen LogP contribution in [0.5, 0.6) is 0 Å². The van der Waals surface area contributed by atoms with Crippen LogP contribution in [0.1, 0.15) is 30.9 Å². The van der Waals surface area contributed by atoms with E-state index in [0.717, 1.165) is 29.2 Å². The molecule has 3 aromatic heterocycles. The highest BCUT2D eigenvalue weighted by atomic mass is 35.5. The first-order valence-electron chi connectivity index (χ1n) is 8.22. The van der Waals surface area contributed by atoms with Gasteiger partial charge in [-0.15, -0.1) is 12.4 Å². The molecule has 24 heavy (non-hydrogen) atoms. The molecule has 128 valence electrons. The lowest BCUT2D eigenvalue weighted by molar-refractivity contribution is 0.507. The minimum atomic E-state index is 0. The van der Waals surface area contributed by atoms with E-state index in [0.29, 0.717) is 5.92 Å². The zero-order chi connectivity index (χ0) is 15.8. The van der Waals surface area contributed by atoms with E-state index in [1.165, 1.54) is 25.0 Å². The molecule has 1 aliphatic carbocycles. The number of nitrogens with one attached hydrogen (secondary N) is 1. The third-order valence-corrected chi connectivity index (χ3v) is 4.84. The maximum absolute atomic E-state index is 5.00. The van der Waals surface area contributed by atoms with Crippen LogP contribution in [0.25, 0.3) is 16.8 Å². The highest BCUT2D eigenvalue weighted by Crippen LogP contribution is 2.39. The minimum absolute atomic E-state index is 0. The summed E-state index contributed by atoms with van der Waals surface area (Å²) in [6.45, 7) is 1.09. The standard InChI is InChI=1S/C17H22N6.ClH/c1-18-8-12-3-4-13(7-12)17-16-5-6-19-23(16)11-15(21-17)14-9-20-22(2)10-14;/h5-6,9-13,18H,3-4,7-8H2,1-2H3;1H. The largest absolute Gasteiger partial charge is 0.319 e. The summed E-state index contributed by atoms with van der Waals surface area (Å²) in [6, 6.07) is 2.07. The molecule has 0 amide bonds. The molecule has 4 rings (SSSR count). The van der Waals surface area contributed by atoms with Crippen molar-refractivity contribution in [1.82, 2.24) is 29.7 Å². The Balaban J connectivity index is 0.00000169. The fourth-order valence-corrected chi connectivity index (χ4v) is 3.74. The third kappa shape index (κ3) is 3.03. The summed E-state index contributed by atoms with van der Waals surface area (Å²) in [4.78, 5) is 5.00. The lowest BCUT2D eigenvalue weighted by atomic mass is 10.00. The number of halogens is 1. The molecule has 0 saturated heterocycles. The number of hydrogen-bond donors (Lipinski definition) is 1. The van der Waals surface area contributed by atoms with Gasteiger partial charge in [0.1, 0.15) is 0 Å². The molecule has 0 radical (unpaired) electrons. The fraction of sp³-hybridized carbons (Fsp3) is 0.471. The van der Waals surface area contributed by atoms with Gasteiger partial charge < -0.3 is 5.32 Å². The van der Waals surface area contributed by atoms with Gasteiger partial charge in [0.25, 0.3) is 0 Å². The zero-order valence-corrected chi connectivity index (χ0v) is 14.8. The summed E-state index contributed by atoms with van der Waals surface area (Å²) >= 11 is 0. The van der Waals surface area contributed by atoms with Crippen molar-refractivity contribution in [2.75, 3.05) is 13.6 Å². The summed E-state index contributed by atoms with van der Waals surface area (Å²) in [6.07, 6.45) is 11.4. The molecule has 1 fully saturated rings. The summed E-state index contributed by atoms with van der Waals surface area (Å²) in [5.41, 5.74) is 4.30. The molecule has 2 atom stereocenters. The molecule has 0 aromatic carbocycles. The first-order chi connectivity index (χ1) is 11.2. The lowest BCUT2D eigenvalue weighted by Gasteiger charge is -2.13. The average molecular weight is 347 g/mol. The summed E-state index contributed by atoms with van der Waals surface area (Å²) in [7, 11) is 3.96. The quantitative estimate of drug-likeness (QED) is 0.789. The van der Waals surface area contributed by atoms with Gasteiger partial charge in [-0.25, -0.2) is 9.50 Å². The Morgan fingerprint density at radius 3 is 2.88 bits per heavy atom. The van der Waals surface area contributed by atoms with E-state index in [-0.39, 0.29) is 12.4 Å². The number of hydrogen-bond acceptors (Lipinski definition) is 4. The zero-order valence-electron chi connectivity index (χ0n) is 14.0. The van der Waals surface area contributed by atoms with Crippen molar-refractivity contribution < 1.29 is 0 Å². The first kappa shape index (κ1) is 16.9. The van der Waals surface area contributed by atoms with Crippen molar-refractivity contribution in [2.45, 2.75) is 25.2 Å². The van der Waals surface area contributed by atoms with Gasteiger partial charge in [-0.2, -0.15) is 10.2 Å². The Morgan fingerprint density at radius 1 is 1.25 bits per heavy atom. The van der Waals surface area contributed by atoms with Gasteiger partial charge in [0.05, 0.1) is 35.5 Å². The Labute approximate surface area is 147 Å². The van der Waals surface area contributed by atoms with E-state index >= 15 is 0 Å². The molecule has 1 saturated carbocycles. The van der Waals surface area contributed by atoms with Crippen LogP contribution in [0.3, 0.4) is 0 Å². The van der Waals surface area contributed by atoms with Gasteiger partial charge in [-0.1, -0.05) is 0 Å². The van der Waals surface area contributed by atoms with Crippen molar-refractivity contribution in [3.8, 4) is 11.3 Å². The number of aromatic nitrogens is 5. The van der Waals surface area contributed by atoms with Crippen LogP contribution < -0.4 is 5.32 Å². The van der Waals surface area contributed by atoms with Crippen LogP contribution in [0, 0.1) is 5.92 Å². The second-order valence-electron chi connectivity index (χ2n) is 6.51. The second kappa shape index (κ2) is 6.91. The number of rotatable bonds is 4. The van der Waals surface area contributed by atoms with Gasteiger partial charge in [-0.05, 0) is 44.8 Å². The third-order valence-electron chi connectivity index (χ3n) is 4.84. The van der Waals surface area contributed by atoms with Crippen LogP contribution in [0.15, 0.2) is 30.9 Å². The van der Waals surface area contributed by atoms with E-state index < -0.39 is 0 Å². The van der Waals surface area contributed by atoms with Crippen LogP contribution >= 0.6 is 12.4 Å². The highest BCUT2D eigenvalue weighted by Gasteiger charge is 2.28. The van der Waals surface area contributed by atoms with Gasteiger partial charge >= 0.3 is 0 Å². The Morgan fingerprint density at radius 2 is 2.12 bits per heavy atom. The van der Waals surface area contributed by atoms with Crippen molar-refractivity contribution in [3.05, 3.63) is 36.5 Å². The SMILES string of the molecule is CNCC1CCC(c2nc(-c3cnn(C)c3)cn3nccc23)C1.Cl. The lowest BCUT2D eigenvalue weighted by Crippen LogP contribution is -2.16. The molecular weight excluding hydrogens is 324 g/mol. The van der Waals surface area contributed by atoms with Gasteiger partial charge in [-0.3, -0.25) is 4.68 Å². The molecule has 0 spiro atoms. The maximum atomic E-state index is 5.00. The number of nitrogens with zero attached hydrogens (tertiary/aromatic N) is 5. The Hall–Kier alpha value is -1.92. The molecule has 6 nitrogen and oxygen atoms in total. The minimum Gasteiger partial charge on any atom is -0.319 e. The van der Waals surface area contributed by atoms with Crippen LogP contribution in [0.2, 0.25) is 0 Å². The van der Waals surface area contributed by atoms with E-state index in [1.807, 2.05) is 48.1 Å². The number of aryl methyl sites for hydroxylation is 1. The van der Waals surface area contributed by atoms with Crippen molar-refractivity contribution in [3.63, 3.8) is 0 Å². The van der Waals surface area contributed by atoms with Gasteiger partial charge in [0, 0.05) is 24.7 Å². The summed E-state index contributed by atoms with van der Waals surface area (Å²) in [5.74, 6) is 1.26. The topological polar surface area (TPSA) is 60.0 Å². The average Bonchev–Trinajstić information content (AvgIpc) is 3.26. The Kier molecular flexibility index (Phi) is 4.87. The van der Waals surface area contributed by atoms with Gasteiger partial charge in [0.15, 0.2) is 0 Å². The monoisotopic (exact) mass is 346 g/mol. The molecule has 0 aliphatic heterocycles. The first-order valence-corrected chi connectivity index (χ1v) is 8.22. The van der Waals surface area contributed by atoms with Crippen molar-refractivity contribution >= 4 is 17.9 Å². The molecule has 3 heterocycles. The maximum Gasteiger partial charge on any atom is 0.0921 e. The van der Waals surface area contributed by atoms with Crippen LogP contribution in [-0.2, 0) is 7.05 Å². The van der Waals surface area contributed by atoms with E-state index in [9.17, 15) is 0 Å². The molecular formula is C17H23ClN6. The summed E-state index contributed by atoms with van der Waals surface area (Å²) in [5, 5.41) is 12.0. The predicted octanol–water partition coefficient (Wildman–Crippen LogP) is 2.65. The normalized spacial score (nSPS) is 20.4. The molecule has 0 bridgehead atoms. The van der Waals surface area contributed by atoms with Crippen LogP contribution in [0.4, 0.5) is 0 Å². The van der Waals surface area contributed by atoms with Crippen molar-refractivity contribution in [2.24, 2.45) is 13.0 Å². The molecule has 3 aromatic rings. The molecule has 1 N–H and O–H groups in total.